The zero-order valence-corrected chi connectivity index (χ0v) is 18.8. The fourth-order valence-corrected chi connectivity index (χ4v) is 6.84. The number of anilines is 1. The minimum absolute atomic E-state index is 0.302. The summed E-state index contributed by atoms with van der Waals surface area (Å²) in [7, 11) is -2.83. The molecule has 0 saturated carbocycles. The van der Waals surface area contributed by atoms with Gasteiger partial charge in [0.15, 0.2) is 9.84 Å². The number of hydrogen-bond donors (Lipinski definition) is 0. The van der Waals surface area contributed by atoms with Crippen LogP contribution in [0.1, 0.15) is 18.7 Å². The van der Waals surface area contributed by atoms with E-state index in [2.05, 4.69) is 40.1 Å². The van der Waals surface area contributed by atoms with Gasteiger partial charge >= 0.3 is 0 Å². The van der Waals surface area contributed by atoms with E-state index in [1.165, 1.54) is 10.4 Å². The van der Waals surface area contributed by atoms with Gasteiger partial charge in [0.25, 0.3) is 0 Å². The molecule has 2 aliphatic heterocycles. The lowest BCUT2D eigenvalue weighted by molar-refractivity contribution is 0.182. The third-order valence-electron chi connectivity index (χ3n) is 6.20. The summed E-state index contributed by atoms with van der Waals surface area (Å²) in [6.07, 6.45) is 2.08. The first-order valence-electron chi connectivity index (χ1n) is 10.5. The highest BCUT2D eigenvalue weighted by Gasteiger charge is 2.30. The molecule has 3 aromatic rings. The Morgan fingerprint density at radius 3 is 2.40 bits per heavy atom. The monoisotopic (exact) mass is 442 g/mol. The topological polar surface area (TPSA) is 66.4 Å². The minimum Gasteiger partial charge on any atom is -0.356 e. The Morgan fingerprint density at radius 2 is 1.70 bits per heavy atom. The number of nitrogens with zero attached hydrogens (tertiary/aromatic N) is 4. The van der Waals surface area contributed by atoms with E-state index in [-0.39, 0.29) is 0 Å². The summed E-state index contributed by atoms with van der Waals surface area (Å²) < 4.78 is 23.5. The van der Waals surface area contributed by atoms with E-state index in [9.17, 15) is 8.42 Å². The van der Waals surface area contributed by atoms with Crippen molar-refractivity contribution in [3.05, 3.63) is 42.2 Å². The first-order valence-corrected chi connectivity index (χ1v) is 13.2. The molecule has 1 aromatic carbocycles. The molecule has 0 N–H and O–H groups in total. The van der Waals surface area contributed by atoms with Crippen LogP contribution in [0.25, 0.3) is 20.7 Å². The second-order valence-electron chi connectivity index (χ2n) is 8.20. The summed E-state index contributed by atoms with van der Waals surface area (Å²) in [6.45, 7) is 5.20. The van der Waals surface area contributed by atoms with Crippen molar-refractivity contribution in [1.82, 2.24) is 14.9 Å². The molecule has 0 bridgehead atoms. The van der Waals surface area contributed by atoms with E-state index < -0.39 is 9.84 Å². The second-order valence-corrected chi connectivity index (χ2v) is 11.5. The summed E-state index contributed by atoms with van der Waals surface area (Å²) in [6, 6.07) is 13.1. The number of benzene rings is 1. The van der Waals surface area contributed by atoms with Gasteiger partial charge in [0.1, 0.15) is 16.5 Å². The molecule has 2 aromatic heterocycles. The quantitative estimate of drug-likeness (QED) is 0.620. The highest BCUT2D eigenvalue weighted by molar-refractivity contribution is 7.91. The molecule has 5 rings (SSSR count). The molecule has 30 heavy (non-hydrogen) atoms. The van der Waals surface area contributed by atoms with Gasteiger partial charge in [0.2, 0.25) is 0 Å². The molecule has 0 unspecified atom stereocenters. The van der Waals surface area contributed by atoms with Gasteiger partial charge in [0.05, 0.1) is 16.9 Å². The summed E-state index contributed by atoms with van der Waals surface area (Å²) in [5.41, 5.74) is 1.21. The van der Waals surface area contributed by atoms with Crippen LogP contribution in [0.2, 0.25) is 0 Å². The van der Waals surface area contributed by atoms with Crippen molar-refractivity contribution >= 4 is 37.2 Å². The number of hydrogen-bond acceptors (Lipinski definition) is 7. The molecule has 2 aliphatic rings. The first-order chi connectivity index (χ1) is 14.5. The number of rotatable bonds is 3. The Balaban J connectivity index is 1.36. The summed E-state index contributed by atoms with van der Waals surface area (Å²) in [5.74, 6) is 2.45. The van der Waals surface area contributed by atoms with Gasteiger partial charge in [-0.3, -0.25) is 4.90 Å². The number of piperidine rings is 1. The molecule has 0 amide bonds. The lowest BCUT2D eigenvalue weighted by Gasteiger charge is -2.40. The van der Waals surface area contributed by atoms with Crippen molar-refractivity contribution in [3.8, 4) is 10.4 Å². The summed E-state index contributed by atoms with van der Waals surface area (Å²) >= 11 is 1.72. The van der Waals surface area contributed by atoms with Gasteiger partial charge in [-0.1, -0.05) is 30.3 Å². The first kappa shape index (κ1) is 19.9. The smallest absolute Gasteiger partial charge is 0.152 e. The van der Waals surface area contributed by atoms with E-state index in [0.29, 0.717) is 30.6 Å². The molecule has 158 valence electrons. The maximum absolute atomic E-state index is 11.7. The SMILES string of the molecule is Cc1nc(N2CCC(N3CCS(=O)(=O)CC3)CC2)c2cc(-c3ccccc3)sc2n1. The van der Waals surface area contributed by atoms with E-state index >= 15 is 0 Å². The summed E-state index contributed by atoms with van der Waals surface area (Å²) in [5, 5.41) is 1.13. The minimum atomic E-state index is -2.83. The molecule has 0 spiro atoms. The van der Waals surface area contributed by atoms with Crippen LogP contribution in [0.15, 0.2) is 36.4 Å². The largest absolute Gasteiger partial charge is 0.356 e. The van der Waals surface area contributed by atoms with Crippen LogP contribution in [0.5, 0.6) is 0 Å². The molecule has 0 aliphatic carbocycles. The van der Waals surface area contributed by atoms with Crippen LogP contribution in [-0.4, -0.2) is 67.0 Å². The Kier molecular flexibility index (Phi) is 5.24. The van der Waals surface area contributed by atoms with Crippen molar-refractivity contribution in [2.75, 3.05) is 42.6 Å². The predicted octanol–water partition coefficient (Wildman–Crippen LogP) is 3.37. The third-order valence-corrected chi connectivity index (χ3v) is 8.89. The molecule has 4 heterocycles. The Labute approximate surface area is 181 Å². The lowest BCUT2D eigenvalue weighted by Crippen LogP contribution is -2.50. The van der Waals surface area contributed by atoms with Crippen LogP contribution >= 0.6 is 11.3 Å². The maximum Gasteiger partial charge on any atom is 0.152 e. The maximum atomic E-state index is 11.7. The van der Waals surface area contributed by atoms with Gasteiger partial charge in [0, 0.05) is 37.1 Å². The lowest BCUT2D eigenvalue weighted by atomic mass is 10.0. The van der Waals surface area contributed by atoms with Crippen LogP contribution in [0, 0.1) is 6.92 Å². The Hall–Kier alpha value is -2.03. The molecule has 0 atom stereocenters. The number of thiophene rings is 1. The highest BCUT2D eigenvalue weighted by atomic mass is 32.2. The Bertz CT molecular complexity index is 1140. The Morgan fingerprint density at radius 1 is 1.00 bits per heavy atom. The number of aryl methyl sites for hydroxylation is 1. The average Bonchev–Trinajstić information content (AvgIpc) is 3.18. The van der Waals surface area contributed by atoms with E-state index in [1.807, 2.05) is 13.0 Å². The number of sulfone groups is 1. The summed E-state index contributed by atoms with van der Waals surface area (Å²) in [4.78, 5) is 16.5. The molecule has 0 radical (unpaired) electrons. The van der Waals surface area contributed by atoms with Crippen molar-refractivity contribution < 1.29 is 8.42 Å². The van der Waals surface area contributed by atoms with Crippen LogP contribution in [0.4, 0.5) is 5.82 Å². The third kappa shape index (κ3) is 3.96. The van der Waals surface area contributed by atoms with Crippen molar-refractivity contribution in [2.24, 2.45) is 0 Å². The normalized spacial score (nSPS) is 20.6. The van der Waals surface area contributed by atoms with Crippen LogP contribution in [-0.2, 0) is 9.84 Å². The predicted molar refractivity (Wildman–Crippen MR) is 123 cm³/mol. The van der Waals surface area contributed by atoms with Crippen molar-refractivity contribution in [2.45, 2.75) is 25.8 Å². The molecular formula is C22H26N4O2S2. The van der Waals surface area contributed by atoms with Gasteiger partial charge in [-0.2, -0.15) is 0 Å². The molecular weight excluding hydrogens is 416 g/mol. The van der Waals surface area contributed by atoms with Crippen molar-refractivity contribution in [1.29, 1.82) is 0 Å². The average molecular weight is 443 g/mol. The fraction of sp³-hybridized carbons (Fsp3) is 0.455. The van der Waals surface area contributed by atoms with E-state index in [0.717, 1.165) is 47.8 Å². The van der Waals surface area contributed by atoms with E-state index in [1.54, 1.807) is 11.3 Å². The molecule has 2 fully saturated rings. The highest BCUT2D eigenvalue weighted by Crippen LogP contribution is 2.37. The van der Waals surface area contributed by atoms with Crippen molar-refractivity contribution in [3.63, 3.8) is 0 Å². The van der Waals surface area contributed by atoms with Gasteiger partial charge in [-0.15, -0.1) is 11.3 Å². The fourth-order valence-electron chi connectivity index (χ4n) is 4.53. The second kappa shape index (κ2) is 7.90. The van der Waals surface area contributed by atoms with Gasteiger partial charge in [-0.25, -0.2) is 18.4 Å². The van der Waals surface area contributed by atoms with Crippen LogP contribution < -0.4 is 4.90 Å². The molecule has 2 saturated heterocycles. The van der Waals surface area contributed by atoms with E-state index in [4.69, 9.17) is 9.97 Å². The van der Waals surface area contributed by atoms with Crippen LogP contribution in [0.3, 0.4) is 0 Å². The standard InChI is InChI=1S/C22H26N4O2S2/c1-16-23-21(19-15-20(29-22(19)24-16)17-5-3-2-4-6-17)26-9-7-18(8-10-26)25-11-13-30(27,28)14-12-25/h2-6,15,18H,7-14H2,1H3. The number of aromatic nitrogens is 2. The van der Waals surface area contributed by atoms with Gasteiger partial charge in [-0.05, 0) is 31.4 Å². The molecule has 6 nitrogen and oxygen atoms in total. The number of fused-ring (bicyclic) bond motifs is 1. The zero-order valence-electron chi connectivity index (χ0n) is 17.1. The van der Waals surface area contributed by atoms with Gasteiger partial charge < -0.3 is 4.90 Å². The zero-order chi connectivity index (χ0) is 20.7. The molecule has 8 heteroatoms.